The van der Waals surface area contributed by atoms with E-state index in [1.165, 1.54) is 10.8 Å². The molecule has 1 heterocycles. The van der Waals surface area contributed by atoms with Gasteiger partial charge in [0.25, 0.3) is 11.5 Å². The zero-order valence-electron chi connectivity index (χ0n) is 28.9. The second-order valence-electron chi connectivity index (χ2n) is 12.9. The van der Waals surface area contributed by atoms with Crippen LogP contribution in [0.25, 0.3) is 11.3 Å². The molecule has 0 radical (unpaired) electrons. The molecule has 0 fully saturated rings. The van der Waals surface area contributed by atoms with E-state index in [-0.39, 0.29) is 43.3 Å². The predicted molar refractivity (Wildman–Crippen MR) is 194 cm³/mol. The monoisotopic (exact) mass is 680 g/mol. The number of benzene rings is 3. The number of nitrogens with one attached hydrogen (secondary N) is 5. The molecule has 0 saturated heterocycles. The molecule has 0 saturated carbocycles. The highest BCUT2D eigenvalue weighted by Crippen LogP contribution is 2.24. The molecule has 0 aliphatic carbocycles. The van der Waals surface area contributed by atoms with Crippen molar-refractivity contribution in [2.24, 2.45) is 0 Å². The molecule has 262 valence electrons. The average Bonchev–Trinajstić information content (AvgIpc) is 3.08. The summed E-state index contributed by atoms with van der Waals surface area (Å²) in [6.45, 7) is 9.41. The summed E-state index contributed by atoms with van der Waals surface area (Å²) >= 11 is 0. The first-order valence-corrected chi connectivity index (χ1v) is 16.2. The van der Waals surface area contributed by atoms with E-state index >= 15 is 0 Å². The molecule has 4 rings (SSSR count). The molecule has 0 unspecified atom stereocenters. The zero-order valence-corrected chi connectivity index (χ0v) is 28.9. The number of hydrogen-bond donors (Lipinski definition) is 6. The fraction of sp³-hybridized carbons (Fsp3) is 0.297. The molecule has 0 bridgehead atoms. The SMILES string of the molecule is CC[C@H](C)NC(=O)c1cc(N)cc(-c2cnc(NC(C)(C)C)c(=O)n2CC(=O)NCc2ccc(C(=N)NC(=O)OCc3ccccc3)cc2)c1. The van der Waals surface area contributed by atoms with Gasteiger partial charge in [-0.2, -0.15) is 0 Å². The van der Waals surface area contributed by atoms with E-state index in [0.717, 1.165) is 17.5 Å². The minimum atomic E-state index is -0.745. The number of rotatable bonds is 12. The molecular weight excluding hydrogens is 636 g/mol. The van der Waals surface area contributed by atoms with Crippen LogP contribution < -0.4 is 32.6 Å². The molecule has 0 aliphatic heterocycles. The number of amides is 3. The van der Waals surface area contributed by atoms with Gasteiger partial charge < -0.3 is 26.4 Å². The van der Waals surface area contributed by atoms with Crippen molar-refractivity contribution in [1.29, 1.82) is 5.41 Å². The number of amidine groups is 1. The van der Waals surface area contributed by atoms with Crippen molar-refractivity contribution in [3.05, 3.63) is 112 Å². The summed E-state index contributed by atoms with van der Waals surface area (Å²) in [6.07, 6.45) is 1.48. The van der Waals surface area contributed by atoms with E-state index in [1.807, 2.05) is 65.0 Å². The largest absolute Gasteiger partial charge is 0.444 e. The molecule has 4 aromatic rings. The first kappa shape index (κ1) is 36.8. The summed E-state index contributed by atoms with van der Waals surface area (Å²) in [5, 5.41) is 19.5. The first-order valence-electron chi connectivity index (χ1n) is 16.2. The van der Waals surface area contributed by atoms with Crippen molar-refractivity contribution in [2.75, 3.05) is 11.1 Å². The van der Waals surface area contributed by atoms with Crippen molar-refractivity contribution in [3.8, 4) is 11.3 Å². The Balaban J connectivity index is 1.47. The number of alkyl carbamates (subject to hydrolysis) is 1. The zero-order chi connectivity index (χ0) is 36.4. The number of anilines is 2. The number of hydrogen-bond acceptors (Lipinski definition) is 9. The second kappa shape index (κ2) is 16.4. The molecule has 0 spiro atoms. The first-order chi connectivity index (χ1) is 23.7. The summed E-state index contributed by atoms with van der Waals surface area (Å²) < 4.78 is 6.48. The Morgan fingerprint density at radius 1 is 0.980 bits per heavy atom. The smallest absolute Gasteiger partial charge is 0.413 e. The van der Waals surface area contributed by atoms with Gasteiger partial charge in [-0.15, -0.1) is 0 Å². The maximum atomic E-state index is 13.7. The Morgan fingerprint density at radius 2 is 1.68 bits per heavy atom. The number of ether oxygens (including phenoxy) is 1. The van der Waals surface area contributed by atoms with Crippen LogP contribution in [0.3, 0.4) is 0 Å². The minimum Gasteiger partial charge on any atom is -0.444 e. The van der Waals surface area contributed by atoms with Crippen LogP contribution in [-0.4, -0.2) is 44.9 Å². The Kier molecular flexibility index (Phi) is 12.1. The summed E-state index contributed by atoms with van der Waals surface area (Å²) in [6, 6.07) is 20.7. The molecule has 13 nitrogen and oxygen atoms in total. The molecule has 13 heteroatoms. The standard InChI is InChI=1S/C37H44N8O5/c1-6-23(2)42-34(47)28-16-27(17-29(38)18-28)30-20-41-33(44-37(3,4)5)35(48)45(30)21-31(46)40-19-24-12-14-26(15-13-24)32(39)43-36(49)50-22-25-10-8-7-9-11-25/h7-18,20,23H,6,19,21-22,38H2,1-5H3,(H,40,46)(H,41,44)(H,42,47)(H2,39,43,49)/t23-/m0/s1. The fourth-order valence-corrected chi connectivity index (χ4v) is 4.78. The van der Waals surface area contributed by atoms with Crippen LogP contribution in [0, 0.1) is 5.41 Å². The van der Waals surface area contributed by atoms with E-state index in [2.05, 4.69) is 26.3 Å². The predicted octanol–water partition coefficient (Wildman–Crippen LogP) is 4.80. The lowest BCUT2D eigenvalue weighted by Gasteiger charge is -2.22. The van der Waals surface area contributed by atoms with Gasteiger partial charge in [-0.3, -0.25) is 29.7 Å². The van der Waals surface area contributed by atoms with Crippen LogP contribution in [0.4, 0.5) is 16.3 Å². The highest BCUT2D eigenvalue weighted by Gasteiger charge is 2.20. The fourth-order valence-electron chi connectivity index (χ4n) is 4.78. The number of carbonyl (C=O) groups is 3. The molecule has 0 aliphatic rings. The summed E-state index contributed by atoms with van der Waals surface area (Å²) in [5.74, 6) is -0.814. The van der Waals surface area contributed by atoms with Crippen molar-refractivity contribution in [2.45, 2.75) is 72.3 Å². The van der Waals surface area contributed by atoms with Crippen molar-refractivity contribution in [1.82, 2.24) is 25.5 Å². The average molecular weight is 681 g/mol. The highest BCUT2D eigenvalue weighted by atomic mass is 16.5. The lowest BCUT2D eigenvalue weighted by Crippen LogP contribution is -2.37. The van der Waals surface area contributed by atoms with E-state index in [9.17, 15) is 19.2 Å². The van der Waals surface area contributed by atoms with Crippen LogP contribution >= 0.6 is 0 Å². The Bertz CT molecular complexity index is 1900. The number of nitrogens with two attached hydrogens (primary N) is 1. The number of nitrogen functional groups attached to an aromatic ring is 1. The third-order valence-corrected chi connectivity index (χ3v) is 7.52. The van der Waals surface area contributed by atoms with Gasteiger partial charge in [-0.25, -0.2) is 9.78 Å². The Labute approximate surface area is 291 Å². The normalized spacial score (nSPS) is 11.6. The van der Waals surface area contributed by atoms with Gasteiger partial charge in [-0.05, 0) is 63.4 Å². The lowest BCUT2D eigenvalue weighted by molar-refractivity contribution is -0.121. The minimum absolute atomic E-state index is 0.0485. The Hall–Kier alpha value is -5.98. The third-order valence-electron chi connectivity index (χ3n) is 7.52. The van der Waals surface area contributed by atoms with Gasteiger partial charge in [0.15, 0.2) is 5.82 Å². The quantitative estimate of drug-likeness (QED) is 0.0698. The maximum Gasteiger partial charge on any atom is 0.413 e. The molecule has 3 amide bonds. The topological polar surface area (TPSA) is 193 Å². The molecular formula is C37H44N8O5. The van der Waals surface area contributed by atoms with Gasteiger partial charge in [0.1, 0.15) is 19.0 Å². The van der Waals surface area contributed by atoms with E-state index in [1.54, 1.807) is 42.5 Å². The van der Waals surface area contributed by atoms with E-state index < -0.39 is 23.1 Å². The summed E-state index contributed by atoms with van der Waals surface area (Å²) in [7, 11) is 0. The Morgan fingerprint density at radius 3 is 2.34 bits per heavy atom. The molecule has 1 atom stereocenters. The highest BCUT2D eigenvalue weighted by molar-refractivity contribution is 6.04. The number of carbonyl (C=O) groups excluding carboxylic acids is 3. The maximum absolute atomic E-state index is 13.7. The van der Waals surface area contributed by atoms with Gasteiger partial charge >= 0.3 is 6.09 Å². The molecule has 1 aromatic heterocycles. The third kappa shape index (κ3) is 10.5. The molecule has 3 aromatic carbocycles. The van der Waals surface area contributed by atoms with Crippen molar-refractivity contribution in [3.63, 3.8) is 0 Å². The van der Waals surface area contributed by atoms with E-state index in [0.29, 0.717) is 28.1 Å². The second-order valence-corrected chi connectivity index (χ2v) is 12.9. The van der Waals surface area contributed by atoms with Gasteiger partial charge in [0.05, 0.1) is 11.9 Å². The molecule has 7 N–H and O–H groups in total. The van der Waals surface area contributed by atoms with Crippen LogP contribution in [0.1, 0.15) is 68.1 Å². The molecule has 50 heavy (non-hydrogen) atoms. The van der Waals surface area contributed by atoms with Crippen molar-refractivity contribution < 1.29 is 19.1 Å². The summed E-state index contributed by atoms with van der Waals surface area (Å²) in [5.41, 5.74) is 8.58. The number of nitrogens with zero attached hydrogens (tertiary/aromatic N) is 2. The van der Waals surface area contributed by atoms with E-state index in [4.69, 9.17) is 15.9 Å². The summed E-state index contributed by atoms with van der Waals surface area (Å²) in [4.78, 5) is 56.4. The lowest BCUT2D eigenvalue weighted by atomic mass is 10.1. The number of aromatic nitrogens is 2. The van der Waals surface area contributed by atoms with Crippen LogP contribution in [0.2, 0.25) is 0 Å². The van der Waals surface area contributed by atoms with Crippen LogP contribution in [0.15, 0.2) is 83.8 Å². The van der Waals surface area contributed by atoms with Gasteiger partial charge in [0, 0.05) is 40.5 Å². The van der Waals surface area contributed by atoms with Gasteiger partial charge in [-0.1, -0.05) is 61.5 Å². The van der Waals surface area contributed by atoms with Gasteiger partial charge in [0.2, 0.25) is 5.91 Å². The van der Waals surface area contributed by atoms with Crippen molar-refractivity contribution >= 4 is 35.2 Å². The van der Waals surface area contributed by atoms with Crippen LogP contribution in [-0.2, 0) is 29.2 Å². The van der Waals surface area contributed by atoms with Crippen LogP contribution in [0.5, 0.6) is 0 Å².